The molecular weight excluding hydrogens is 1790 g/mol. The van der Waals surface area contributed by atoms with Crippen LogP contribution in [0.1, 0.15) is 5.56 Å². The Balaban J connectivity index is 0.000000325. The summed E-state index contributed by atoms with van der Waals surface area (Å²) in [6.45, 7) is 2.08. The molecule has 15 aromatic carbocycles. The minimum atomic E-state index is -0.877. The third-order valence-electron chi connectivity index (χ3n) is 15.5. The van der Waals surface area contributed by atoms with Crippen molar-refractivity contribution >= 4 is 130 Å². The molecule has 0 saturated carbocycles. The fourth-order valence-corrected chi connectivity index (χ4v) is 22.3. The normalized spacial score (nSPS) is 9.67. The van der Waals surface area contributed by atoms with E-state index in [1.54, 1.807) is 11.8 Å². The Kier molecular flexibility index (Phi) is 47.7. The van der Waals surface area contributed by atoms with Gasteiger partial charge in [0.1, 0.15) is 68.5 Å². The van der Waals surface area contributed by atoms with Crippen molar-refractivity contribution in [1.82, 2.24) is 0 Å². The fraction of sp³-hybridized carbons (Fsp3) is 0.0110. The zero-order chi connectivity index (χ0) is 66.6. The van der Waals surface area contributed by atoms with Gasteiger partial charge >= 0.3 is 0 Å². The highest BCUT2D eigenvalue weighted by molar-refractivity contribution is 7.99. The lowest BCUT2D eigenvalue weighted by molar-refractivity contribution is -0.00100. The predicted molar refractivity (Wildman–Crippen MR) is 455 cm³/mol. The molecule has 0 radical (unpaired) electrons. The molecule has 0 nitrogen and oxygen atoms in total. The van der Waals surface area contributed by atoms with Crippen molar-refractivity contribution in [3.05, 3.63) is 454 Å². The predicted octanol–water partition coefficient (Wildman–Crippen LogP) is -0.274. The van der Waals surface area contributed by atoms with Crippen molar-refractivity contribution in [3.63, 3.8) is 0 Å². The summed E-state index contributed by atoms with van der Waals surface area (Å²) in [5.74, 6) is 0. The third-order valence-corrected chi connectivity index (χ3v) is 27.8. The van der Waals surface area contributed by atoms with Crippen molar-refractivity contribution in [2.24, 2.45) is 0 Å². The zero-order valence-electron chi connectivity index (χ0n) is 57.9. The monoisotopic (exact) mass is 1870 g/mol. The standard InChI is InChI=1S/4C18H15P.C12H10S.C7H8S.6BrH.H3P/c4*1-4-10-16(11-5-1)19(17-12-6-2-7-13-17)18-14-8-3-9-15-18;1-3-7-11(8-4-1)13-12-9-5-2-6-10-12;1-6-2-4-7(8)5-3-6;;;;;;;/h4*1-15H;1-10H;2-5,8H,1H3;6*1H;1H3. The lowest BCUT2D eigenvalue weighted by Crippen LogP contribution is -3.00. The molecule has 0 spiro atoms. The van der Waals surface area contributed by atoms with Gasteiger partial charge in [-0.2, -0.15) is 0 Å². The van der Waals surface area contributed by atoms with E-state index in [2.05, 4.69) is 444 Å². The van der Waals surface area contributed by atoms with Crippen molar-refractivity contribution in [2.45, 2.75) is 21.6 Å². The highest BCUT2D eigenvalue weighted by Gasteiger charge is 2.28. The van der Waals surface area contributed by atoms with E-state index in [1.165, 1.54) is 79.0 Å². The van der Waals surface area contributed by atoms with Crippen molar-refractivity contribution in [1.29, 1.82) is 0 Å². The molecule has 1 atom stereocenters. The zero-order valence-corrected chi connectivity index (χ0v) is 75.2. The van der Waals surface area contributed by atoms with Gasteiger partial charge in [0.15, 0.2) is 0 Å². The second kappa shape index (κ2) is 53.7. The van der Waals surface area contributed by atoms with Crippen LogP contribution in [0.4, 0.5) is 0 Å². The van der Waals surface area contributed by atoms with E-state index in [0.29, 0.717) is 0 Å². The highest BCUT2D eigenvalue weighted by atomic mass is 79.9. The Morgan fingerprint density at radius 2 is 0.288 bits per heavy atom. The van der Waals surface area contributed by atoms with E-state index in [1.807, 2.05) is 24.3 Å². The van der Waals surface area contributed by atoms with E-state index in [-0.39, 0.29) is 112 Å². The summed E-state index contributed by atoms with van der Waals surface area (Å²) in [4.78, 5) is 3.71. The van der Waals surface area contributed by atoms with Crippen molar-refractivity contribution < 1.29 is 102 Å². The van der Waals surface area contributed by atoms with E-state index in [0.717, 1.165) is 4.90 Å². The average molecular weight is 1880 g/mol. The summed E-state index contributed by atoms with van der Waals surface area (Å²) in [5.41, 5.74) is 1.30. The van der Waals surface area contributed by atoms with Crippen LogP contribution in [-0.4, -0.2) is 0 Å². The SMILES string of the molecule is Cc1ccc([SH2+])cc1.[Br-].[Br-].[Br-].[Br-].[Br-].[Br-].[PH4+].c1ccc(Sc2ccccc2)cc1.c1ccc([PH+](c2ccccc2)c2ccccc2)cc1.c1ccc([PH+](c2ccccc2)c2ccccc2)cc1.c1ccc([PH+](c2ccccc2)c2ccccc2)cc1.c1ccc([PH+](c2ccccc2)c2ccccc2)cc1. The van der Waals surface area contributed by atoms with Crippen LogP contribution in [0.5, 0.6) is 0 Å². The first-order valence-electron chi connectivity index (χ1n) is 32.7. The minimum absolute atomic E-state index is 0. The maximum atomic E-state index is 3.39. The second-order valence-corrected chi connectivity index (χ2v) is 34.1. The van der Waals surface area contributed by atoms with Crippen LogP contribution < -0.4 is 166 Å². The van der Waals surface area contributed by atoms with Crippen LogP contribution in [0.3, 0.4) is 0 Å². The van der Waals surface area contributed by atoms with E-state index in [9.17, 15) is 0 Å². The first kappa shape index (κ1) is 92.2. The number of hydrogen-bond donors (Lipinski definition) is 0. The van der Waals surface area contributed by atoms with Crippen LogP contribution in [0.15, 0.2) is 464 Å². The molecular formula is C91H87Br6P5S2. The molecule has 13 heteroatoms. The molecule has 0 N–H and O–H groups in total. The van der Waals surface area contributed by atoms with Gasteiger partial charge in [0.05, 0.1) is 31.7 Å². The number of benzene rings is 15. The number of halogens is 6. The highest BCUT2D eigenvalue weighted by Crippen LogP contribution is 2.36. The maximum absolute atomic E-state index is 3.39. The maximum Gasteiger partial charge on any atom is 0.150 e. The van der Waals surface area contributed by atoms with Gasteiger partial charge in [0.2, 0.25) is 0 Å². The molecule has 0 bridgehead atoms. The lowest BCUT2D eigenvalue weighted by Gasteiger charge is -2.10. The van der Waals surface area contributed by atoms with Gasteiger partial charge in [-0.25, -0.2) is 0 Å². The lowest BCUT2D eigenvalue weighted by atomic mass is 10.2. The Hall–Kier alpha value is -5.97. The largest absolute Gasteiger partial charge is 1.00 e. The molecule has 0 heterocycles. The molecule has 0 aliphatic rings. The second-order valence-electron chi connectivity index (χ2n) is 22.5. The van der Waals surface area contributed by atoms with Crippen LogP contribution in [0.2, 0.25) is 0 Å². The van der Waals surface area contributed by atoms with Crippen LogP contribution in [0.25, 0.3) is 0 Å². The Morgan fingerprint density at radius 3 is 0.404 bits per heavy atom. The topological polar surface area (TPSA) is 0 Å². The Bertz CT molecular complexity index is 3620. The molecule has 0 aliphatic heterocycles. The van der Waals surface area contributed by atoms with Crippen LogP contribution >= 0.6 is 53.3 Å². The van der Waals surface area contributed by atoms with Crippen LogP contribution in [0, 0.1) is 6.92 Å². The third kappa shape index (κ3) is 30.7. The molecule has 104 heavy (non-hydrogen) atoms. The van der Waals surface area contributed by atoms with E-state index < -0.39 is 31.7 Å². The van der Waals surface area contributed by atoms with Gasteiger partial charge < -0.3 is 102 Å². The number of aryl methyl sites for hydroxylation is 1. The van der Waals surface area contributed by atoms with Gasteiger partial charge in [-0.1, -0.05) is 284 Å². The summed E-state index contributed by atoms with van der Waals surface area (Å²) >= 11 is 5.18. The van der Waals surface area contributed by atoms with Crippen molar-refractivity contribution in [2.75, 3.05) is 0 Å². The van der Waals surface area contributed by atoms with Gasteiger partial charge in [-0.05, 0) is 211 Å². The average Bonchev–Trinajstić information content (AvgIpc) is 0.860. The van der Waals surface area contributed by atoms with Gasteiger partial charge in [0.25, 0.3) is 0 Å². The van der Waals surface area contributed by atoms with Crippen molar-refractivity contribution in [3.8, 4) is 0 Å². The van der Waals surface area contributed by atoms with Crippen LogP contribution in [-0.2, 0) is 12.6 Å². The summed E-state index contributed by atoms with van der Waals surface area (Å²) in [5, 5.41) is 17.2. The molecule has 0 amide bonds. The smallest absolute Gasteiger partial charge is 0.150 e. The molecule has 0 saturated heterocycles. The molecule has 15 aromatic rings. The minimum Gasteiger partial charge on any atom is -1.00 e. The fourth-order valence-electron chi connectivity index (χ4n) is 10.9. The Labute approximate surface area is 700 Å². The Morgan fingerprint density at radius 1 is 0.173 bits per heavy atom. The first-order chi connectivity index (χ1) is 48.0. The number of rotatable bonds is 14. The molecule has 0 aliphatic carbocycles. The summed E-state index contributed by atoms with van der Waals surface area (Å²) in [7, 11) is -3.51. The quantitative estimate of drug-likeness (QED) is 0.107. The molecule has 1 unspecified atom stereocenters. The summed E-state index contributed by atoms with van der Waals surface area (Å²) < 4.78 is 0. The number of hydrogen-bond acceptors (Lipinski definition) is 1. The molecule has 530 valence electrons. The van der Waals surface area contributed by atoms with Gasteiger partial charge in [0, 0.05) is 9.79 Å². The molecule has 0 fully saturated rings. The molecule has 15 rings (SSSR count). The summed E-state index contributed by atoms with van der Waals surface area (Å²) in [6, 6.07) is 159. The van der Waals surface area contributed by atoms with E-state index >= 15 is 0 Å². The van der Waals surface area contributed by atoms with Gasteiger partial charge in [-0.15, -0.1) is 0 Å². The molecule has 0 aromatic heterocycles. The van der Waals surface area contributed by atoms with Gasteiger partial charge in [-0.3, -0.25) is 0 Å². The summed E-state index contributed by atoms with van der Waals surface area (Å²) in [6.07, 6.45) is 0. The van der Waals surface area contributed by atoms with E-state index in [4.69, 9.17) is 0 Å². The first-order valence-corrected chi connectivity index (χ1v) is 40.0.